The van der Waals surface area contributed by atoms with Gasteiger partial charge in [0.1, 0.15) is 0 Å². The monoisotopic (exact) mass is 398 g/mol. The van der Waals surface area contributed by atoms with Gasteiger partial charge < -0.3 is 14.5 Å². The molecule has 26 heavy (non-hydrogen) atoms. The molecule has 2 aliphatic rings. The van der Waals surface area contributed by atoms with Crippen LogP contribution in [0.25, 0.3) is 0 Å². The molecule has 7 heteroatoms. The van der Waals surface area contributed by atoms with Gasteiger partial charge in [0.05, 0.1) is 13.2 Å². The van der Waals surface area contributed by atoms with E-state index in [-0.39, 0.29) is 17.7 Å². The lowest BCUT2D eigenvalue weighted by atomic mass is 9.94. The summed E-state index contributed by atoms with van der Waals surface area (Å²) in [6.45, 7) is 3.90. The fourth-order valence-electron chi connectivity index (χ4n) is 3.54. The zero-order valence-electron chi connectivity index (χ0n) is 14.8. The fourth-order valence-corrected chi connectivity index (χ4v) is 4.04. The van der Waals surface area contributed by atoms with E-state index in [0.717, 1.165) is 18.4 Å². The van der Waals surface area contributed by atoms with Gasteiger partial charge in [-0.25, -0.2) is 0 Å². The number of aryl methyl sites for hydroxylation is 1. The summed E-state index contributed by atoms with van der Waals surface area (Å²) in [5, 5.41) is 1.19. The average Bonchev–Trinajstić information content (AvgIpc) is 2.67. The Bertz CT molecular complexity index is 654. The van der Waals surface area contributed by atoms with Crippen molar-refractivity contribution < 1.29 is 14.3 Å². The summed E-state index contributed by atoms with van der Waals surface area (Å²) in [6.07, 6.45) is 2.50. The number of piperidine rings is 1. The van der Waals surface area contributed by atoms with Crippen LogP contribution in [0.1, 0.15) is 24.8 Å². The standard InChI is InChI=1S/C19H24Cl2N2O3/c20-16-3-1-14(17(21)13-16)2-4-18(24)22-7-5-15(6-8-22)19(25)23-9-11-26-12-10-23/h1,3,13,15H,2,4-12H2. The second-order valence-electron chi connectivity index (χ2n) is 6.83. The van der Waals surface area contributed by atoms with E-state index in [0.29, 0.717) is 62.3 Å². The van der Waals surface area contributed by atoms with Gasteiger partial charge in [-0.1, -0.05) is 29.3 Å². The van der Waals surface area contributed by atoms with Gasteiger partial charge in [0.2, 0.25) is 11.8 Å². The molecule has 0 aromatic heterocycles. The maximum atomic E-state index is 12.5. The highest BCUT2D eigenvalue weighted by Gasteiger charge is 2.30. The van der Waals surface area contributed by atoms with Crippen molar-refractivity contribution in [3.8, 4) is 0 Å². The minimum Gasteiger partial charge on any atom is -0.378 e. The molecular weight excluding hydrogens is 375 g/mol. The Morgan fingerprint density at radius 1 is 1.04 bits per heavy atom. The predicted octanol–water partition coefficient (Wildman–Crippen LogP) is 3.02. The SMILES string of the molecule is O=C(CCc1ccc(Cl)cc1Cl)N1CCC(C(=O)N2CCOCC2)CC1. The van der Waals surface area contributed by atoms with Gasteiger partial charge in [-0.05, 0) is 37.0 Å². The van der Waals surface area contributed by atoms with Gasteiger partial charge in [-0.2, -0.15) is 0 Å². The van der Waals surface area contributed by atoms with Gasteiger partial charge in [-0.15, -0.1) is 0 Å². The number of halogens is 2. The summed E-state index contributed by atoms with van der Waals surface area (Å²) in [5.41, 5.74) is 0.932. The number of ether oxygens (including phenoxy) is 1. The van der Waals surface area contributed by atoms with Crippen molar-refractivity contribution in [2.24, 2.45) is 5.92 Å². The Hall–Kier alpha value is -1.30. The maximum Gasteiger partial charge on any atom is 0.225 e. The van der Waals surface area contributed by atoms with Crippen LogP contribution in [-0.2, 0) is 20.7 Å². The molecule has 1 aromatic carbocycles. The molecule has 2 fully saturated rings. The molecular formula is C19H24Cl2N2O3. The lowest BCUT2D eigenvalue weighted by Crippen LogP contribution is -2.47. The smallest absolute Gasteiger partial charge is 0.225 e. The van der Waals surface area contributed by atoms with E-state index in [1.165, 1.54) is 0 Å². The first-order chi connectivity index (χ1) is 12.5. The molecule has 0 spiro atoms. The van der Waals surface area contributed by atoms with Crippen LogP contribution < -0.4 is 0 Å². The van der Waals surface area contributed by atoms with Gasteiger partial charge >= 0.3 is 0 Å². The second-order valence-corrected chi connectivity index (χ2v) is 7.67. The summed E-state index contributed by atoms with van der Waals surface area (Å²) in [7, 11) is 0. The third kappa shape index (κ3) is 4.90. The zero-order chi connectivity index (χ0) is 18.5. The van der Waals surface area contributed by atoms with Crippen LogP contribution in [-0.4, -0.2) is 61.0 Å². The first-order valence-corrected chi connectivity index (χ1v) is 9.88. The van der Waals surface area contributed by atoms with Crippen LogP contribution in [0.5, 0.6) is 0 Å². The van der Waals surface area contributed by atoms with E-state index < -0.39 is 0 Å². The molecule has 0 radical (unpaired) electrons. The first kappa shape index (κ1) is 19.5. The molecule has 0 N–H and O–H groups in total. The molecule has 5 nitrogen and oxygen atoms in total. The first-order valence-electron chi connectivity index (χ1n) is 9.13. The van der Waals surface area contributed by atoms with Gasteiger partial charge in [0.25, 0.3) is 0 Å². The molecule has 0 unspecified atom stereocenters. The quantitative estimate of drug-likeness (QED) is 0.782. The molecule has 142 valence electrons. The molecule has 2 amide bonds. The van der Waals surface area contributed by atoms with Gasteiger partial charge in [0.15, 0.2) is 0 Å². The summed E-state index contributed by atoms with van der Waals surface area (Å²) >= 11 is 12.1. The molecule has 2 saturated heterocycles. The van der Waals surface area contributed by atoms with Gasteiger partial charge in [-0.3, -0.25) is 9.59 Å². The number of rotatable bonds is 4. The number of carbonyl (C=O) groups excluding carboxylic acids is 2. The van der Waals surface area contributed by atoms with E-state index in [1.807, 2.05) is 15.9 Å². The third-order valence-corrected chi connectivity index (χ3v) is 5.73. The maximum absolute atomic E-state index is 12.5. The number of likely N-dealkylation sites (tertiary alicyclic amines) is 1. The van der Waals surface area contributed by atoms with E-state index in [9.17, 15) is 9.59 Å². The summed E-state index contributed by atoms with van der Waals surface area (Å²) in [5.74, 6) is 0.365. The van der Waals surface area contributed by atoms with Crippen molar-refractivity contribution >= 4 is 35.0 Å². The Labute approximate surface area is 164 Å². The van der Waals surface area contributed by atoms with E-state index in [4.69, 9.17) is 27.9 Å². The van der Waals surface area contributed by atoms with Crippen LogP contribution in [0, 0.1) is 5.92 Å². The number of carbonyl (C=O) groups is 2. The highest BCUT2D eigenvalue weighted by Crippen LogP contribution is 2.24. The minimum atomic E-state index is 0.0304. The second kappa shape index (κ2) is 9.07. The topological polar surface area (TPSA) is 49.9 Å². The van der Waals surface area contributed by atoms with Crippen LogP contribution in [0.4, 0.5) is 0 Å². The van der Waals surface area contributed by atoms with Crippen LogP contribution >= 0.6 is 23.2 Å². The zero-order valence-corrected chi connectivity index (χ0v) is 16.3. The summed E-state index contributed by atoms with van der Waals surface area (Å²) in [6, 6.07) is 5.35. The Balaban J connectivity index is 1.45. The molecule has 0 atom stereocenters. The van der Waals surface area contributed by atoms with Crippen molar-refractivity contribution in [3.05, 3.63) is 33.8 Å². The lowest BCUT2D eigenvalue weighted by molar-refractivity contribution is -0.143. The van der Waals surface area contributed by atoms with Crippen LogP contribution in [0.15, 0.2) is 18.2 Å². The third-order valence-electron chi connectivity index (χ3n) is 5.14. The number of nitrogens with zero attached hydrogens (tertiary/aromatic N) is 2. The number of amides is 2. The molecule has 3 rings (SSSR count). The largest absolute Gasteiger partial charge is 0.378 e. The molecule has 0 bridgehead atoms. The summed E-state index contributed by atoms with van der Waals surface area (Å²) < 4.78 is 5.30. The average molecular weight is 399 g/mol. The van der Waals surface area contributed by atoms with Crippen molar-refractivity contribution in [1.82, 2.24) is 9.80 Å². The number of morpholine rings is 1. The minimum absolute atomic E-state index is 0.0304. The number of hydrogen-bond donors (Lipinski definition) is 0. The van der Waals surface area contributed by atoms with Crippen molar-refractivity contribution in [3.63, 3.8) is 0 Å². The van der Waals surface area contributed by atoms with Crippen LogP contribution in [0.2, 0.25) is 10.0 Å². The number of hydrogen-bond acceptors (Lipinski definition) is 3. The van der Waals surface area contributed by atoms with Crippen molar-refractivity contribution in [2.75, 3.05) is 39.4 Å². The molecule has 2 heterocycles. The predicted molar refractivity (Wildman–Crippen MR) is 101 cm³/mol. The number of benzene rings is 1. The normalized spacial score (nSPS) is 18.8. The van der Waals surface area contributed by atoms with E-state index in [1.54, 1.807) is 12.1 Å². The molecule has 0 saturated carbocycles. The van der Waals surface area contributed by atoms with Crippen molar-refractivity contribution in [2.45, 2.75) is 25.7 Å². The van der Waals surface area contributed by atoms with E-state index >= 15 is 0 Å². The highest BCUT2D eigenvalue weighted by molar-refractivity contribution is 6.35. The summed E-state index contributed by atoms with van der Waals surface area (Å²) in [4.78, 5) is 28.8. The van der Waals surface area contributed by atoms with E-state index in [2.05, 4.69) is 0 Å². The lowest BCUT2D eigenvalue weighted by Gasteiger charge is -2.35. The Kier molecular flexibility index (Phi) is 6.79. The fraction of sp³-hybridized carbons (Fsp3) is 0.579. The van der Waals surface area contributed by atoms with Gasteiger partial charge in [0, 0.05) is 48.6 Å². The molecule has 2 aliphatic heterocycles. The van der Waals surface area contributed by atoms with Crippen molar-refractivity contribution in [1.29, 1.82) is 0 Å². The highest BCUT2D eigenvalue weighted by atomic mass is 35.5. The Morgan fingerprint density at radius 2 is 1.73 bits per heavy atom. The molecule has 0 aliphatic carbocycles. The van der Waals surface area contributed by atoms with Crippen LogP contribution in [0.3, 0.4) is 0 Å². The molecule has 1 aromatic rings. The Morgan fingerprint density at radius 3 is 2.38 bits per heavy atom.